The van der Waals surface area contributed by atoms with Gasteiger partial charge in [0, 0.05) is 6.04 Å². The van der Waals surface area contributed by atoms with Gasteiger partial charge in [0.15, 0.2) is 0 Å². The van der Waals surface area contributed by atoms with Crippen LogP contribution >= 0.6 is 11.6 Å². The SMILES string of the molecule is CC(Cl)c1nc2ccccc2n1C(C)C1CCCC1. The van der Waals surface area contributed by atoms with Crippen LogP contribution in [-0.2, 0) is 0 Å². The summed E-state index contributed by atoms with van der Waals surface area (Å²) >= 11 is 6.35. The maximum absolute atomic E-state index is 6.35. The highest BCUT2D eigenvalue weighted by Crippen LogP contribution is 2.38. The van der Waals surface area contributed by atoms with Crippen LogP contribution in [0.4, 0.5) is 0 Å². The summed E-state index contributed by atoms with van der Waals surface area (Å²) in [5.41, 5.74) is 2.29. The molecule has 2 atom stereocenters. The molecule has 1 aromatic heterocycles. The number of benzene rings is 1. The molecule has 2 unspecified atom stereocenters. The minimum Gasteiger partial charge on any atom is -0.324 e. The van der Waals surface area contributed by atoms with E-state index in [1.165, 1.54) is 31.2 Å². The van der Waals surface area contributed by atoms with Crippen molar-refractivity contribution in [3.05, 3.63) is 30.1 Å². The maximum atomic E-state index is 6.35. The van der Waals surface area contributed by atoms with Crippen molar-refractivity contribution < 1.29 is 0 Å². The molecule has 2 aromatic rings. The number of fused-ring (bicyclic) bond motifs is 1. The Labute approximate surface area is 119 Å². The molecule has 0 aliphatic heterocycles. The summed E-state index contributed by atoms with van der Waals surface area (Å²) in [6.45, 7) is 4.34. The highest BCUT2D eigenvalue weighted by Gasteiger charge is 2.27. The van der Waals surface area contributed by atoms with E-state index in [2.05, 4.69) is 29.7 Å². The van der Waals surface area contributed by atoms with Crippen LogP contribution in [-0.4, -0.2) is 9.55 Å². The second-order valence-corrected chi connectivity index (χ2v) is 6.38. The lowest BCUT2D eigenvalue weighted by Gasteiger charge is -2.24. The van der Waals surface area contributed by atoms with Crippen LogP contribution in [0, 0.1) is 5.92 Å². The molecular weight excluding hydrogens is 256 g/mol. The van der Waals surface area contributed by atoms with E-state index in [9.17, 15) is 0 Å². The van der Waals surface area contributed by atoms with E-state index in [0.717, 1.165) is 17.3 Å². The topological polar surface area (TPSA) is 17.8 Å². The van der Waals surface area contributed by atoms with Crippen molar-refractivity contribution in [2.24, 2.45) is 5.92 Å². The summed E-state index contributed by atoms with van der Waals surface area (Å²) in [5.74, 6) is 1.79. The maximum Gasteiger partial charge on any atom is 0.127 e. The van der Waals surface area contributed by atoms with E-state index in [4.69, 9.17) is 16.6 Å². The van der Waals surface area contributed by atoms with Gasteiger partial charge in [-0.3, -0.25) is 0 Å². The lowest BCUT2D eigenvalue weighted by atomic mass is 9.99. The Kier molecular flexibility index (Phi) is 3.53. The third-order valence-electron chi connectivity index (χ3n) is 4.47. The van der Waals surface area contributed by atoms with E-state index in [-0.39, 0.29) is 5.38 Å². The van der Waals surface area contributed by atoms with E-state index >= 15 is 0 Å². The van der Waals surface area contributed by atoms with Crippen LogP contribution in [0.5, 0.6) is 0 Å². The Morgan fingerprint density at radius 3 is 2.58 bits per heavy atom. The summed E-state index contributed by atoms with van der Waals surface area (Å²) in [7, 11) is 0. The van der Waals surface area contributed by atoms with Gasteiger partial charge in [-0.2, -0.15) is 0 Å². The average molecular weight is 277 g/mol. The summed E-state index contributed by atoms with van der Waals surface area (Å²) in [6.07, 6.45) is 5.41. The molecule has 2 nitrogen and oxygen atoms in total. The molecule has 0 spiro atoms. The Hall–Kier alpha value is -1.02. The second kappa shape index (κ2) is 5.16. The van der Waals surface area contributed by atoms with Gasteiger partial charge in [0.1, 0.15) is 5.82 Å². The molecule has 0 bridgehead atoms. The number of hydrogen-bond donors (Lipinski definition) is 0. The second-order valence-electron chi connectivity index (χ2n) is 5.73. The van der Waals surface area contributed by atoms with Crippen molar-refractivity contribution in [1.29, 1.82) is 0 Å². The van der Waals surface area contributed by atoms with Gasteiger partial charge in [-0.15, -0.1) is 11.6 Å². The third-order valence-corrected chi connectivity index (χ3v) is 4.66. The van der Waals surface area contributed by atoms with Crippen LogP contribution in [0.1, 0.15) is 56.8 Å². The molecular formula is C16H21ClN2. The first-order chi connectivity index (χ1) is 9.18. The standard InChI is InChI=1S/C16H21ClN2/c1-11(17)16-18-14-9-5-6-10-15(14)19(16)12(2)13-7-3-4-8-13/h5-6,9-13H,3-4,7-8H2,1-2H3. The van der Waals surface area contributed by atoms with E-state index in [0.29, 0.717) is 6.04 Å². The van der Waals surface area contributed by atoms with Gasteiger partial charge in [0.2, 0.25) is 0 Å². The quantitative estimate of drug-likeness (QED) is 0.714. The molecule has 0 N–H and O–H groups in total. The van der Waals surface area contributed by atoms with Gasteiger partial charge in [-0.05, 0) is 44.7 Å². The number of hydrogen-bond acceptors (Lipinski definition) is 1. The molecule has 0 radical (unpaired) electrons. The third kappa shape index (κ3) is 2.27. The Bertz CT molecular complexity index is 567. The smallest absolute Gasteiger partial charge is 0.127 e. The van der Waals surface area contributed by atoms with E-state index in [1.807, 2.05) is 13.0 Å². The first kappa shape index (κ1) is 13.0. The van der Waals surface area contributed by atoms with Gasteiger partial charge in [0.05, 0.1) is 16.4 Å². The fourth-order valence-corrected chi connectivity index (χ4v) is 3.58. The van der Waals surface area contributed by atoms with Crippen LogP contribution < -0.4 is 0 Å². The summed E-state index contributed by atoms with van der Waals surface area (Å²) in [5, 5.41) is -0.0451. The lowest BCUT2D eigenvalue weighted by Crippen LogP contribution is -2.17. The summed E-state index contributed by atoms with van der Waals surface area (Å²) in [4.78, 5) is 4.74. The van der Waals surface area contributed by atoms with E-state index in [1.54, 1.807) is 0 Å². The first-order valence-electron chi connectivity index (χ1n) is 7.29. The molecule has 0 saturated heterocycles. The first-order valence-corrected chi connectivity index (χ1v) is 7.73. The minimum atomic E-state index is -0.0451. The predicted molar refractivity (Wildman–Crippen MR) is 80.7 cm³/mol. The highest BCUT2D eigenvalue weighted by atomic mass is 35.5. The zero-order valence-corrected chi connectivity index (χ0v) is 12.4. The van der Waals surface area contributed by atoms with Crippen LogP contribution in [0.3, 0.4) is 0 Å². The molecule has 3 rings (SSSR count). The molecule has 1 aliphatic carbocycles. The number of halogens is 1. The number of imidazole rings is 1. The van der Waals surface area contributed by atoms with Gasteiger partial charge in [-0.25, -0.2) is 4.98 Å². The monoisotopic (exact) mass is 276 g/mol. The van der Waals surface area contributed by atoms with Crippen LogP contribution in [0.25, 0.3) is 11.0 Å². The predicted octanol–water partition coefficient (Wildman–Crippen LogP) is 5.09. The van der Waals surface area contributed by atoms with Gasteiger partial charge in [0.25, 0.3) is 0 Å². The number of aromatic nitrogens is 2. The normalized spacial score (nSPS) is 19.9. The average Bonchev–Trinajstić information content (AvgIpc) is 3.05. The Morgan fingerprint density at radius 1 is 1.21 bits per heavy atom. The van der Waals surface area contributed by atoms with Crippen LogP contribution in [0.15, 0.2) is 24.3 Å². The van der Waals surface area contributed by atoms with Crippen molar-refractivity contribution in [1.82, 2.24) is 9.55 Å². The van der Waals surface area contributed by atoms with Crippen LogP contribution in [0.2, 0.25) is 0 Å². The Morgan fingerprint density at radius 2 is 1.89 bits per heavy atom. The lowest BCUT2D eigenvalue weighted by molar-refractivity contribution is 0.359. The van der Waals surface area contributed by atoms with Crippen molar-refractivity contribution in [2.75, 3.05) is 0 Å². The zero-order chi connectivity index (χ0) is 13.4. The molecule has 1 heterocycles. The fraction of sp³-hybridized carbons (Fsp3) is 0.562. The molecule has 1 fully saturated rings. The van der Waals surface area contributed by atoms with E-state index < -0.39 is 0 Å². The highest BCUT2D eigenvalue weighted by molar-refractivity contribution is 6.20. The molecule has 0 amide bonds. The van der Waals surface area contributed by atoms with Crippen molar-refractivity contribution in [3.63, 3.8) is 0 Å². The molecule has 1 aliphatic rings. The number of para-hydroxylation sites is 2. The van der Waals surface area contributed by atoms with Crippen molar-refractivity contribution in [3.8, 4) is 0 Å². The van der Waals surface area contributed by atoms with Gasteiger partial charge >= 0.3 is 0 Å². The zero-order valence-electron chi connectivity index (χ0n) is 11.6. The Balaban J connectivity index is 2.11. The number of nitrogens with zero attached hydrogens (tertiary/aromatic N) is 2. The number of rotatable bonds is 3. The molecule has 1 saturated carbocycles. The fourth-order valence-electron chi connectivity index (χ4n) is 3.42. The number of alkyl halides is 1. The molecule has 102 valence electrons. The van der Waals surface area contributed by atoms with Gasteiger partial charge in [-0.1, -0.05) is 25.0 Å². The summed E-state index contributed by atoms with van der Waals surface area (Å²) in [6, 6.07) is 8.87. The molecule has 3 heteroatoms. The minimum absolute atomic E-state index is 0.0451. The van der Waals surface area contributed by atoms with Crippen molar-refractivity contribution >= 4 is 22.6 Å². The van der Waals surface area contributed by atoms with Crippen molar-refractivity contribution in [2.45, 2.75) is 50.9 Å². The van der Waals surface area contributed by atoms with Gasteiger partial charge < -0.3 is 4.57 Å². The molecule has 1 aromatic carbocycles. The molecule has 19 heavy (non-hydrogen) atoms. The summed E-state index contributed by atoms with van der Waals surface area (Å²) < 4.78 is 2.38. The largest absolute Gasteiger partial charge is 0.324 e.